The molecular formula is C12H21N5O3. The lowest BCUT2D eigenvalue weighted by atomic mass is 10.2. The summed E-state index contributed by atoms with van der Waals surface area (Å²) in [6.07, 6.45) is 0. The molecule has 20 heavy (non-hydrogen) atoms. The van der Waals surface area contributed by atoms with Crippen LogP contribution in [0.4, 0.5) is 0 Å². The molecule has 0 bridgehead atoms. The number of methoxy groups -OCH3 is 1. The van der Waals surface area contributed by atoms with Gasteiger partial charge in [-0.2, -0.15) is 4.98 Å². The Morgan fingerprint density at radius 2 is 2.15 bits per heavy atom. The first-order chi connectivity index (χ1) is 9.60. The zero-order valence-corrected chi connectivity index (χ0v) is 11.9. The van der Waals surface area contributed by atoms with Crippen molar-refractivity contribution < 1.29 is 14.1 Å². The molecule has 1 unspecified atom stereocenters. The van der Waals surface area contributed by atoms with E-state index < -0.39 is 6.04 Å². The highest BCUT2D eigenvalue weighted by molar-refractivity contribution is 5.81. The number of hydrogen-bond donors (Lipinski definition) is 1. The molecule has 8 heteroatoms. The number of nitrogens with zero attached hydrogens (tertiary/aromatic N) is 4. The highest BCUT2D eigenvalue weighted by Crippen LogP contribution is 2.07. The molecule has 1 saturated heterocycles. The Hall–Kier alpha value is -1.51. The first-order valence-electron chi connectivity index (χ1n) is 6.65. The van der Waals surface area contributed by atoms with Gasteiger partial charge in [0, 0.05) is 40.2 Å². The number of nitrogens with two attached hydrogens (primary N) is 1. The predicted molar refractivity (Wildman–Crippen MR) is 70.7 cm³/mol. The van der Waals surface area contributed by atoms with Crippen LogP contribution in [0.25, 0.3) is 0 Å². The van der Waals surface area contributed by atoms with Crippen LogP contribution in [-0.4, -0.2) is 71.8 Å². The van der Waals surface area contributed by atoms with E-state index in [2.05, 4.69) is 15.0 Å². The van der Waals surface area contributed by atoms with Gasteiger partial charge in [0.1, 0.15) is 6.04 Å². The zero-order valence-electron chi connectivity index (χ0n) is 11.9. The van der Waals surface area contributed by atoms with E-state index in [-0.39, 0.29) is 12.5 Å². The molecule has 1 amide bonds. The zero-order chi connectivity index (χ0) is 14.5. The lowest BCUT2D eigenvalue weighted by Gasteiger charge is -2.35. The topological polar surface area (TPSA) is 97.7 Å². The maximum atomic E-state index is 12.0. The van der Waals surface area contributed by atoms with Gasteiger partial charge in [0.15, 0.2) is 5.82 Å². The van der Waals surface area contributed by atoms with Gasteiger partial charge in [-0.3, -0.25) is 9.69 Å². The van der Waals surface area contributed by atoms with E-state index in [1.54, 1.807) is 11.8 Å². The van der Waals surface area contributed by atoms with Crippen LogP contribution < -0.4 is 5.73 Å². The van der Waals surface area contributed by atoms with E-state index in [0.29, 0.717) is 31.3 Å². The van der Waals surface area contributed by atoms with E-state index in [4.69, 9.17) is 15.0 Å². The highest BCUT2D eigenvalue weighted by atomic mass is 16.5. The number of carbonyl (C=O) groups excluding carboxylic acids is 1. The molecule has 1 aromatic rings. The Morgan fingerprint density at radius 1 is 1.45 bits per heavy atom. The first kappa shape index (κ1) is 14.9. The summed E-state index contributed by atoms with van der Waals surface area (Å²) < 4.78 is 9.85. The van der Waals surface area contributed by atoms with Crippen LogP contribution in [0.2, 0.25) is 0 Å². The van der Waals surface area contributed by atoms with Gasteiger partial charge in [0.25, 0.3) is 0 Å². The average molecular weight is 283 g/mol. The summed E-state index contributed by atoms with van der Waals surface area (Å²) in [4.78, 5) is 20.2. The van der Waals surface area contributed by atoms with E-state index in [1.807, 2.05) is 0 Å². The average Bonchev–Trinajstić information content (AvgIpc) is 2.84. The third kappa shape index (κ3) is 3.75. The van der Waals surface area contributed by atoms with Crippen LogP contribution in [0, 0.1) is 6.92 Å². The van der Waals surface area contributed by atoms with Gasteiger partial charge in [-0.25, -0.2) is 0 Å². The van der Waals surface area contributed by atoms with Crippen LogP contribution in [0.15, 0.2) is 4.52 Å². The molecule has 1 atom stereocenters. The van der Waals surface area contributed by atoms with Crippen molar-refractivity contribution in [1.29, 1.82) is 0 Å². The van der Waals surface area contributed by atoms with Gasteiger partial charge in [-0.05, 0) is 0 Å². The highest BCUT2D eigenvalue weighted by Gasteiger charge is 2.25. The lowest BCUT2D eigenvalue weighted by molar-refractivity contribution is -0.135. The largest absolute Gasteiger partial charge is 0.383 e. The SMILES string of the molecule is COCC(N)C(=O)N1CCN(Cc2noc(C)n2)CC1. The van der Waals surface area contributed by atoms with Crippen molar-refractivity contribution in [3.63, 3.8) is 0 Å². The molecule has 2 rings (SSSR count). The van der Waals surface area contributed by atoms with Crippen molar-refractivity contribution in [2.75, 3.05) is 39.9 Å². The Balaban J connectivity index is 1.78. The third-order valence-corrected chi connectivity index (χ3v) is 3.28. The number of rotatable bonds is 5. The fourth-order valence-electron chi connectivity index (χ4n) is 2.22. The molecule has 0 aromatic carbocycles. The first-order valence-corrected chi connectivity index (χ1v) is 6.65. The maximum absolute atomic E-state index is 12.0. The minimum atomic E-state index is -0.577. The van der Waals surface area contributed by atoms with Crippen molar-refractivity contribution in [3.8, 4) is 0 Å². The molecule has 112 valence electrons. The van der Waals surface area contributed by atoms with Crippen molar-refractivity contribution in [1.82, 2.24) is 19.9 Å². The number of hydrogen-bond acceptors (Lipinski definition) is 7. The summed E-state index contributed by atoms with van der Waals surface area (Å²) in [5.41, 5.74) is 5.76. The van der Waals surface area contributed by atoms with E-state index in [9.17, 15) is 4.79 Å². The number of ether oxygens (including phenoxy) is 1. The molecule has 0 saturated carbocycles. The van der Waals surface area contributed by atoms with Crippen molar-refractivity contribution in [2.45, 2.75) is 19.5 Å². The molecule has 1 fully saturated rings. The van der Waals surface area contributed by atoms with E-state index in [0.717, 1.165) is 13.1 Å². The van der Waals surface area contributed by atoms with E-state index >= 15 is 0 Å². The predicted octanol–water partition coefficient (Wildman–Crippen LogP) is -1.00. The van der Waals surface area contributed by atoms with Gasteiger partial charge in [0.2, 0.25) is 11.8 Å². The summed E-state index contributed by atoms with van der Waals surface area (Å²) >= 11 is 0. The van der Waals surface area contributed by atoms with Gasteiger partial charge in [-0.15, -0.1) is 0 Å². The second kappa shape index (κ2) is 6.78. The van der Waals surface area contributed by atoms with Crippen LogP contribution in [0.5, 0.6) is 0 Å². The quantitative estimate of drug-likeness (QED) is 0.739. The number of carbonyl (C=O) groups is 1. The molecule has 1 aliphatic rings. The molecular weight excluding hydrogens is 262 g/mol. The molecule has 2 N–H and O–H groups in total. The standard InChI is InChI=1S/C12H21N5O3/c1-9-14-11(15-20-9)7-16-3-5-17(6-4-16)12(18)10(13)8-19-2/h10H,3-8,13H2,1-2H3. The Morgan fingerprint density at radius 3 is 2.70 bits per heavy atom. The molecule has 0 spiro atoms. The van der Waals surface area contributed by atoms with Gasteiger partial charge >= 0.3 is 0 Å². The van der Waals surface area contributed by atoms with Crippen molar-refractivity contribution in [3.05, 3.63) is 11.7 Å². The lowest BCUT2D eigenvalue weighted by Crippen LogP contribution is -2.53. The molecule has 8 nitrogen and oxygen atoms in total. The number of aromatic nitrogens is 2. The summed E-state index contributed by atoms with van der Waals surface area (Å²) in [6, 6.07) is -0.577. The summed E-state index contributed by atoms with van der Waals surface area (Å²) in [5.74, 6) is 1.19. The Kier molecular flexibility index (Phi) is 5.05. The molecule has 0 aliphatic carbocycles. The number of amides is 1. The van der Waals surface area contributed by atoms with Crippen LogP contribution in [-0.2, 0) is 16.1 Å². The third-order valence-electron chi connectivity index (χ3n) is 3.28. The second-order valence-electron chi connectivity index (χ2n) is 4.89. The molecule has 1 aromatic heterocycles. The summed E-state index contributed by atoms with van der Waals surface area (Å²) in [7, 11) is 1.54. The van der Waals surface area contributed by atoms with E-state index in [1.165, 1.54) is 7.11 Å². The molecule has 0 radical (unpaired) electrons. The minimum absolute atomic E-state index is 0.0538. The van der Waals surface area contributed by atoms with Gasteiger partial charge in [0.05, 0.1) is 13.2 Å². The smallest absolute Gasteiger partial charge is 0.241 e. The van der Waals surface area contributed by atoms with Crippen molar-refractivity contribution >= 4 is 5.91 Å². The maximum Gasteiger partial charge on any atom is 0.241 e. The fraction of sp³-hybridized carbons (Fsp3) is 0.750. The molecule has 1 aliphatic heterocycles. The monoisotopic (exact) mass is 283 g/mol. The van der Waals surface area contributed by atoms with Crippen LogP contribution in [0.1, 0.15) is 11.7 Å². The molecule has 2 heterocycles. The number of piperazine rings is 1. The summed E-state index contributed by atoms with van der Waals surface area (Å²) in [5, 5.41) is 3.87. The Labute approximate surface area is 117 Å². The summed E-state index contributed by atoms with van der Waals surface area (Å²) in [6.45, 7) is 5.53. The second-order valence-corrected chi connectivity index (χ2v) is 4.89. The Bertz CT molecular complexity index is 442. The minimum Gasteiger partial charge on any atom is -0.383 e. The van der Waals surface area contributed by atoms with Crippen LogP contribution >= 0.6 is 0 Å². The fourth-order valence-corrected chi connectivity index (χ4v) is 2.22. The number of aryl methyl sites for hydroxylation is 1. The van der Waals surface area contributed by atoms with Gasteiger partial charge in [-0.1, -0.05) is 5.16 Å². The normalized spacial score (nSPS) is 18.2. The van der Waals surface area contributed by atoms with Gasteiger partial charge < -0.3 is 19.9 Å². The van der Waals surface area contributed by atoms with Crippen LogP contribution in [0.3, 0.4) is 0 Å². The van der Waals surface area contributed by atoms with Crippen molar-refractivity contribution in [2.24, 2.45) is 5.73 Å².